The fourth-order valence-corrected chi connectivity index (χ4v) is 2.51. The Labute approximate surface area is 152 Å². The molecular formula is C20H23FN2O3. The van der Waals surface area contributed by atoms with E-state index in [1.807, 2.05) is 25.1 Å². The third-order valence-corrected chi connectivity index (χ3v) is 4.03. The van der Waals surface area contributed by atoms with Gasteiger partial charge in [-0.15, -0.1) is 0 Å². The maximum Gasteiger partial charge on any atom is 0.261 e. The first kappa shape index (κ1) is 19.4. The molecule has 0 radical (unpaired) electrons. The number of halogens is 1. The monoisotopic (exact) mass is 358 g/mol. The van der Waals surface area contributed by atoms with Crippen LogP contribution in [0, 0.1) is 12.7 Å². The van der Waals surface area contributed by atoms with E-state index in [0.29, 0.717) is 5.75 Å². The number of aryl methyl sites for hydroxylation is 1. The molecule has 1 N–H and O–H groups in total. The number of amides is 2. The average molecular weight is 358 g/mol. The summed E-state index contributed by atoms with van der Waals surface area (Å²) in [5.41, 5.74) is 1.75. The first-order valence-electron chi connectivity index (χ1n) is 8.35. The smallest absolute Gasteiger partial charge is 0.261 e. The van der Waals surface area contributed by atoms with Gasteiger partial charge in [0.15, 0.2) is 6.61 Å². The van der Waals surface area contributed by atoms with Gasteiger partial charge < -0.3 is 15.0 Å². The van der Waals surface area contributed by atoms with E-state index in [-0.39, 0.29) is 30.8 Å². The van der Waals surface area contributed by atoms with Crippen molar-refractivity contribution >= 4 is 11.8 Å². The Morgan fingerprint density at radius 3 is 2.50 bits per heavy atom. The second-order valence-corrected chi connectivity index (χ2v) is 6.04. The normalized spacial score (nSPS) is 11.5. The Morgan fingerprint density at radius 1 is 1.19 bits per heavy atom. The van der Waals surface area contributed by atoms with E-state index < -0.39 is 6.04 Å². The highest BCUT2D eigenvalue weighted by Gasteiger charge is 2.25. The van der Waals surface area contributed by atoms with Gasteiger partial charge in [-0.05, 0) is 49.2 Å². The first-order valence-corrected chi connectivity index (χ1v) is 8.35. The fraction of sp³-hybridized carbons (Fsp3) is 0.300. The van der Waals surface area contributed by atoms with Crippen molar-refractivity contribution in [1.82, 2.24) is 10.2 Å². The molecule has 6 heteroatoms. The molecule has 26 heavy (non-hydrogen) atoms. The van der Waals surface area contributed by atoms with Crippen molar-refractivity contribution in [1.29, 1.82) is 0 Å². The van der Waals surface area contributed by atoms with Gasteiger partial charge in [-0.1, -0.05) is 24.3 Å². The van der Waals surface area contributed by atoms with E-state index in [0.717, 1.165) is 11.1 Å². The molecule has 2 aromatic rings. The van der Waals surface area contributed by atoms with Crippen molar-refractivity contribution in [2.75, 3.05) is 13.7 Å². The van der Waals surface area contributed by atoms with Crippen LogP contribution in [0.15, 0.2) is 48.5 Å². The summed E-state index contributed by atoms with van der Waals surface area (Å²) in [4.78, 5) is 26.1. The van der Waals surface area contributed by atoms with E-state index >= 15 is 0 Å². The predicted octanol–water partition coefficient (Wildman–Crippen LogP) is 2.68. The Kier molecular flexibility index (Phi) is 6.72. The quantitative estimate of drug-likeness (QED) is 0.828. The zero-order chi connectivity index (χ0) is 19.1. The Hall–Kier alpha value is -2.89. The summed E-state index contributed by atoms with van der Waals surface area (Å²) in [5.74, 6) is -0.371. The molecule has 0 fully saturated rings. The minimum atomic E-state index is -0.682. The van der Waals surface area contributed by atoms with Crippen molar-refractivity contribution in [2.45, 2.75) is 26.4 Å². The topological polar surface area (TPSA) is 58.6 Å². The molecule has 0 aliphatic rings. The van der Waals surface area contributed by atoms with Gasteiger partial charge in [0.1, 0.15) is 17.6 Å². The van der Waals surface area contributed by atoms with Crippen molar-refractivity contribution in [3.05, 3.63) is 65.5 Å². The van der Waals surface area contributed by atoms with Crippen molar-refractivity contribution in [2.24, 2.45) is 0 Å². The molecule has 0 unspecified atom stereocenters. The Morgan fingerprint density at radius 2 is 1.88 bits per heavy atom. The molecule has 1 atom stereocenters. The van der Waals surface area contributed by atoms with Crippen LogP contribution in [0.25, 0.3) is 0 Å². The molecule has 0 saturated carbocycles. The highest BCUT2D eigenvalue weighted by Crippen LogP contribution is 2.14. The van der Waals surface area contributed by atoms with Crippen molar-refractivity contribution in [3.8, 4) is 5.75 Å². The molecule has 0 heterocycles. The number of hydrogen-bond donors (Lipinski definition) is 1. The zero-order valence-electron chi connectivity index (χ0n) is 15.2. The largest absolute Gasteiger partial charge is 0.484 e. The number of nitrogens with one attached hydrogen (secondary N) is 1. The molecular weight excluding hydrogens is 335 g/mol. The van der Waals surface area contributed by atoms with Crippen LogP contribution in [0.4, 0.5) is 4.39 Å². The van der Waals surface area contributed by atoms with Gasteiger partial charge >= 0.3 is 0 Å². The predicted molar refractivity (Wildman–Crippen MR) is 97.2 cm³/mol. The Balaban J connectivity index is 2.12. The van der Waals surface area contributed by atoms with Gasteiger partial charge in [-0.2, -0.15) is 0 Å². The summed E-state index contributed by atoms with van der Waals surface area (Å²) in [5, 5.41) is 2.54. The molecule has 2 rings (SSSR count). The third-order valence-electron chi connectivity index (χ3n) is 4.03. The van der Waals surface area contributed by atoms with Gasteiger partial charge in [-0.25, -0.2) is 4.39 Å². The van der Waals surface area contributed by atoms with E-state index in [2.05, 4.69) is 5.32 Å². The average Bonchev–Trinajstić information content (AvgIpc) is 2.64. The second kappa shape index (κ2) is 8.99. The lowest BCUT2D eigenvalue weighted by Gasteiger charge is -2.28. The maximum absolute atomic E-state index is 13.1. The van der Waals surface area contributed by atoms with E-state index in [4.69, 9.17) is 4.74 Å². The van der Waals surface area contributed by atoms with Crippen LogP contribution in [0.1, 0.15) is 18.1 Å². The number of nitrogens with zero attached hydrogens (tertiary/aromatic N) is 1. The summed E-state index contributed by atoms with van der Waals surface area (Å²) in [6, 6.07) is 12.5. The molecule has 138 valence electrons. The van der Waals surface area contributed by atoms with Gasteiger partial charge in [0.25, 0.3) is 5.91 Å². The summed E-state index contributed by atoms with van der Waals surface area (Å²) in [7, 11) is 1.52. The SMILES string of the molecule is CNC(=O)[C@H](C)N(Cc1ccc(F)cc1)C(=O)COc1cccc(C)c1. The highest BCUT2D eigenvalue weighted by atomic mass is 19.1. The molecule has 0 aromatic heterocycles. The van der Waals surface area contributed by atoms with Crippen LogP contribution in [0.3, 0.4) is 0 Å². The lowest BCUT2D eigenvalue weighted by atomic mass is 10.1. The number of likely N-dealkylation sites (N-methyl/N-ethyl adjacent to an activating group) is 1. The van der Waals surface area contributed by atoms with E-state index in [1.165, 1.54) is 24.1 Å². The molecule has 0 spiro atoms. The van der Waals surface area contributed by atoms with Crippen molar-refractivity contribution < 1.29 is 18.7 Å². The summed E-state index contributed by atoms with van der Waals surface area (Å²) in [6.45, 7) is 3.58. The van der Waals surface area contributed by atoms with Crippen LogP contribution in [0.5, 0.6) is 5.75 Å². The molecule has 2 amide bonds. The lowest BCUT2D eigenvalue weighted by Crippen LogP contribution is -2.48. The number of benzene rings is 2. The van der Waals surface area contributed by atoms with E-state index in [1.54, 1.807) is 25.1 Å². The number of carbonyl (C=O) groups is 2. The molecule has 2 aromatic carbocycles. The van der Waals surface area contributed by atoms with Crippen LogP contribution < -0.4 is 10.1 Å². The number of carbonyl (C=O) groups excluding carboxylic acids is 2. The summed E-state index contributed by atoms with van der Waals surface area (Å²) in [6.07, 6.45) is 0. The maximum atomic E-state index is 13.1. The number of ether oxygens (including phenoxy) is 1. The number of rotatable bonds is 7. The molecule has 0 saturated heterocycles. The lowest BCUT2D eigenvalue weighted by molar-refractivity contribution is -0.142. The standard InChI is InChI=1S/C20H23FN2O3/c1-14-5-4-6-18(11-14)26-13-19(24)23(15(2)20(25)22-3)12-16-7-9-17(21)10-8-16/h4-11,15H,12-13H2,1-3H3,(H,22,25)/t15-/m0/s1. The van der Waals surface area contributed by atoms with Gasteiger partial charge in [0, 0.05) is 13.6 Å². The van der Waals surface area contributed by atoms with Crippen LogP contribution in [-0.2, 0) is 16.1 Å². The zero-order valence-corrected chi connectivity index (χ0v) is 15.2. The molecule has 5 nitrogen and oxygen atoms in total. The Bertz CT molecular complexity index is 762. The molecule has 0 aliphatic heterocycles. The third kappa shape index (κ3) is 5.31. The fourth-order valence-electron chi connectivity index (χ4n) is 2.51. The minimum absolute atomic E-state index is 0.185. The van der Waals surface area contributed by atoms with Gasteiger partial charge in [0.2, 0.25) is 5.91 Å². The summed E-state index contributed by atoms with van der Waals surface area (Å²) < 4.78 is 18.7. The highest BCUT2D eigenvalue weighted by molar-refractivity contribution is 5.87. The van der Waals surface area contributed by atoms with Crippen LogP contribution in [0.2, 0.25) is 0 Å². The summed E-state index contributed by atoms with van der Waals surface area (Å²) >= 11 is 0. The molecule has 0 bridgehead atoms. The molecule has 0 aliphatic carbocycles. The van der Waals surface area contributed by atoms with Crippen LogP contribution in [-0.4, -0.2) is 36.4 Å². The van der Waals surface area contributed by atoms with Crippen LogP contribution >= 0.6 is 0 Å². The minimum Gasteiger partial charge on any atom is -0.484 e. The van der Waals surface area contributed by atoms with Crippen molar-refractivity contribution in [3.63, 3.8) is 0 Å². The second-order valence-electron chi connectivity index (χ2n) is 6.04. The van der Waals surface area contributed by atoms with Gasteiger partial charge in [-0.3, -0.25) is 9.59 Å². The van der Waals surface area contributed by atoms with E-state index in [9.17, 15) is 14.0 Å². The first-order chi connectivity index (χ1) is 12.4. The van der Waals surface area contributed by atoms with Gasteiger partial charge in [0.05, 0.1) is 0 Å². The number of hydrogen-bond acceptors (Lipinski definition) is 3.